The summed E-state index contributed by atoms with van der Waals surface area (Å²) in [5.41, 5.74) is 2.47. The molecule has 25 heavy (non-hydrogen) atoms. The van der Waals surface area contributed by atoms with E-state index in [1.165, 1.54) is 48.9 Å². The second-order valence-corrected chi connectivity index (χ2v) is 8.66. The van der Waals surface area contributed by atoms with Gasteiger partial charge in [0.2, 0.25) is 0 Å². The van der Waals surface area contributed by atoms with E-state index in [1.54, 1.807) is 0 Å². The maximum atomic E-state index is 5.24. The van der Waals surface area contributed by atoms with Gasteiger partial charge in [-0.2, -0.15) is 0 Å². The van der Waals surface area contributed by atoms with Crippen LogP contribution >= 0.6 is 0 Å². The smallest absolute Gasteiger partial charge is 0.133 e. The van der Waals surface area contributed by atoms with Crippen LogP contribution < -0.4 is 0 Å². The molecule has 0 unspecified atom stereocenters. The highest BCUT2D eigenvalue weighted by Crippen LogP contribution is 2.34. The van der Waals surface area contributed by atoms with Crippen LogP contribution in [0.15, 0.2) is 41.5 Å². The fourth-order valence-electron chi connectivity index (χ4n) is 4.23. The SMILES string of the molecule is CC(C)(C)[C@H]1CN(C2CCCCC2)C(c2cccc3cccnc23)=N1. The normalized spacial score (nSPS) is 22.4. The molecule has 1 aliphatic heterocycles. The molecule has 0 bridgehead atoms. The first-order valence-corrected chi connectivity index (χ1v) is 9.72. The van der Waals surface area contributed by atoms with Crippen molar-refractivity contribution in [2.75, 3.05) is 6.54 Å². The standard InChI is InChI=1S/C22H29N3/c1-22(2,3)19-15-25(17-11-5-4-6-12-17)21(24-19)18-13-7-9-16-10-8-14-23-20(16)18/h7-10,13-14,17,19H,4-6,11-12,15H2,1-3H3/t19-/m1/s1. The minimum atomic E-state index is 0.187. The van der Waals surface area contributed by atoms with E-state index >= 15 is 0 Å². The van der Waals surface area contributed by atoms with Gasteiger partial charge in [-0.25, -0.2) is 0 Å². The summed E-state index contributed by atoms with van der Waals surface area (Å²) in [6.45, 7) is 7.98. The number of rotatable bonds is 2. The third kappa shape index (κ3) is 3.17. The van der Waals surface area contributed by atoms with Crippen LogP contribution in [0.4, 0.5) is 0 Å². The molecule has 0 spiro atoms. The average molecular weight is 335 g/mol. The molecule has 3 heteroatoms. The van der Waals surface area contributed by atoms with E-state index in [-0.39, 0.29) is 5.41 Å². The lowest BCUT2D eigenvalue weighted by molar-refractivity contribution is 0.218. The number of pyridine rings is 1. The minimum Gasteiger partial charge on any atom is -0.351 e. The van der Waals surface area contributed by atoms with Crippen molar-refractivity contribution in [1.82, 2.24) is 9.88 Å². The Labute approximate surface area is 151 Å². The predicted octanol–water partition coefficient (Wildman–Crippen LogP) is 5.04. The number of hydrogen-bond acceptors (Lipinski definition) is 3. The fourth-order valence-corrected chi connectivity index (χ4v) is 4.23. The molecule has 3 nitrogen and oxygen atoms in total. The Morgan fingerprint density at radius 2 is 1.76 bits per heavy atom. The summed E-state index contributed by atoms with van der Waals surface area (Å²) < 4.78 is 0. The first-order chi connectivity index (χ1) is 12.0. The molecule has 0 radical (unpaired) electrons. The first kappa shape index (κ1) is 16.6. The van der Waals surface area contributed by atoms with Crippen LogP contribution in [-0.4, -0.2) is 34.3 Å². The fraction of sp³-hybridized carbons (Fsp3) is 0.545. The van der Waals surface area contributed by atoms with Crippen molar-refractivity contribution in [2.24, 2.45) is 10.4 Å². The molecule has 1 fully saturated rings. The van der Waals surface area contributed by atoms with Gasteiger partial charge in [-0.1, -0.05) is 58.2 Å². The van der Waals surface area contributed by atoms with E-state index in [2.05, 4.69) is 54.9 Å². The Morgan fingerprint density at radius 1 is 1.00 bits per heavy atom. The quantitative estimate of drug-likeness (QED) is 0.769. The number of hydrogen-bond donors (Lipinski definition) is 0. The number of fused-ring (bicyclic) bond motifs is 1. The lowest BCUT2D eigenvalue weighted by atomic mass is 9.87. The lowest BCUT2D eigenvalue weighted by Gasteiger charge is -2.35. The van der Waals surface area contributed by atoms with Crippen LogP contribution in [0, 0.1) is 5.41 Å². The summed E-state index contributed by atoms with van der Waals surface area (Å²) in [6, 6.07) is 11.6. The van der Waals surface area contributed by atoms with Gasteiger partial charge in [-0.3, -0.25) is 9.98 Å². The highest BCUT2D eigenvalue weighted by molar-refractivity contribution is 6.09. The average Bonchev–Trinajstić information content (AvgIpc) is 3.07. The third-order valence-corrected chi connectivity index (χ3v) is 5.81. The molecule has 1 saturated carbocycles. The summed E-state index contributed by atoms with van der Waals surface area (Å²) in [5, 5.41) is 1.20. The topological polar surface area (TPSA) is 28.5 Å². The molecule has 1 aromatic heterocycles. The van der Waals surface area contributed by atoms with E-state index in [1.807, 2.05) is 12.3 Å². The number of para-hydroxylation sites is 1. The number of benzene rings is 1. The number of aliphatic imine (C=N–C) groups is 1. The van der Waals surface area contributed by atoms with Gasteiger partial charge in [0.15, 0.2) is 0 Å². The Bertz CT molecular complexity index is 776. The van der Waals surface area contributed by atoms with Crippen LogP contribution in [0.1, 0.15) is 58.4 Å². The van der Waals surface area contributed by atoms with Gasteiger partial charge in [-0.05, 0) is 30.4 Å². The van der Waals surface area contributed by atoms with Gasteiger partial charge in [0.1, 0.15) is 5.84 Å². The van der Waals surface area contributed by atoms with Gasteiger partial charge in [0, 0.05) is 29.7 Å². The summed E-state index contributed by atoms with van der Waals surface area (Å²) in [4.78, 5) is 12.5. The molecule has 1 aromatic carbocycles. The van der Waals surface area contributed by atoms with E-state index in [4.69, 9.17) is 4.99 Å². The Morgan fingerprint density at radius 3 is 2.52 bits per heavy atom. The molecule has 132 valence electrons. The monoisotopic (exact) mass is 335 g/mol. The zero-order chi connectivity index (χ0) is 17.4. The van der Waals surface area contributed by atoms with Crippen molar-refractivity contribution >= 4 is 16.7 Å². The van der Waals surface area contributed by atoms with Crippen molar-refractivity contribution in [1.29, 1.82) is 0 Å². The van der Waals surface area contributed by atoms with Gasteiger partial charge in [0.25, 0.3) is 0 Å². The van der Waals surface area contributed by atoms with Crippen LogP contribution in [0.25, 0.3) is 10.9 Å². The molecule has 4 rings (SSSR count). The third-order valence-electron chi connectivity index (χ3n) is 5.81. The van der Waals surface area contributed by atoms with Crippen molar-refractivity contribution in [3.8, 4) is 0 Å². The number of nitrogens with zero attached hydrogens (tertiary/aromatic N) is 3. The summed E-state index contributed by atoms with van der Waals surface area (Å²) in [5.74, 6) is 1.18. The van der Waals surface area contributed by atoms with Gasteiger partial charge in [0.05, 0.1) is 11.6 Å². The summed E-state index contributed by atoms with van der Waals surface area (Å²) >= 11 is 0. The zero-order valence-corrected chi connectivity index (χ0v) is 15.7. The first-order valence-electron chi connectivity index (χ1n) is 9.72. The highest BCUT2D eigenvalue weighted by Gasteiger charge is 2.37. The number of aromatic nitrogens is 1. The summed E-state index contributed by atoms with van der Waals surface area (Å²) in [6.07, 6.45) is 8.58. The maximum absolute atomic E-state index is 5.24. The maximum Gasteiger partial charge on any atom is 0.133 e. The molecule has 1 atom stereocenters. The lowest BCUT2D eigenvalue weighted by Crippen LogP contribution is -2.42. The van der Waals surface area contributed by atoms with Crippen LogP contribution in [0.2, 0.25) is 0 Å². The molecular formula is C22H29N3. The van der Waals surface area contributed by atoms with E-state index in [9.17, 15) is 0 Å². The molecular weight excluding hydrogens is 306 g/mol. The van der Waals surface area contributed by atoms with Crippen LogP contribution in [0.5, 0.6) is 0 Å². The second-order valence-electron chi connectivity index (χ2n) is 8.66. The van der Waals surface area contributed by atoms with Crippen molar-refractivity contribution < 1.29 is 0 Å². The Hall–Kier alpha value is -1.90. The van der Waals surface area contributed by atoms with E-state index < -0.39 is 0 Å². The molecule has 1 aliphatic carbocycles. The zero-order valence-electron chi connectivity index (χ0n) is 15.7. The Balaban J connectivity index is 1.79. The van der Waals surface area contributed by atoms with E-state index in [0.717, 1.165) is 12.1 Å². The second kappa shape index (κ2) is 6.44. The van der Waals surface area contributed by atoms with Crippen molar-refractivity contribution in [2.45, 2.75) is 65.0 Å². The molecule has 0 amide bonds. The van der Waals surface area contributed by atoms with Gasteiger partial charge in [-0.15, -0.1) is 0 Å². The van der Waals surface area contributed by atoms with Gasteiger partial charge < -0.3 is 4.90 Å². The molecule has 0 N–H and O–H groups in total. The molecule has 2 aromatic rings. The molecule has 2 heterocycles. The van der Waals surface area contributed by atoms with E-state index in [0.29, 0.717) is 12.1 Å². The molecule has 2 aliphatic rings. The highest BCUT2D eigenvalue weighted by atomic mass is 15.3. The van der Waals surface area contributed by atoms with Gasteiger partial charge >= 0.3 is 0 Å². The minimum absolute atomic E-state index is 0.187. The summed E-state index contributed by atoms with van der Waals surface area (Å²) in [7, 11) is 0. The predicted molar refractivity (Wildman–Crippen MR) is 105 cm³/mol. The Kier molecular flexibility index (Phi) is 4.26. The number of amidine groups is 1. The largest absolute Gasteiger partial charge is 0.351 e. The van der Waals surface area contributed by atoms with Crippen LogP contribution in [0.3, 0.4) is 0 Å². The van der Waals surface area contributed by atoms with Crippen molar-refractivity contribution in [3.05, 3.63) is 42.1 Å². The molecule has 0 saturated heterocycles. The van der Waals surface area contributed by atoms with Crippen molar-refractivity contribution in [3.63, 3.8) is 0 Å². The van der Waals surface area contributed by atoms with Crippen LogP contribution in [-0.2, 0) is 0 Å².